The number of rotatable bonds is 2. The van der Waals surface area contributed by atoms with Gasteiger partial charge in [-0.2, -0.15) is 15.8 Å². The Kier molecular flexibility index (Phi) is 3.72. The van der Waals surface area contributed by atoms with Crippen LogP contribution < -0.4 is 0 Å². The molecule has 0 amide bonds. The molecule has 0 radical (unpaired) electrons. The van der Waals surface area contributed by atoms with Crippen molar-refractivity contribution in [2.45, 2.75) is 18.8 Å². The first-order valence-electron chi connectivity index (χ1n) is 8.67. The molecule has 7 nitrogen and oxygen atoms in total. The molecule has 7 heteroatoms. The summed E-state index contributed by atoms with van der Waals surface area (Å²) in [5.41, 5.74) is -2.62. The minimum absolute atomic E-state index is 0.425. The highest BCUT2D eigenvalue weighted by molar-refractivity contribution is 5.89. The number of nitriles is 3. The van der Waals surface area contributed by atoms with E-state index >= 15 is 0 Å². The van der Waals surface area contributed by atoms with Crippen LogP contribution in [-0.2, 0) is 15.3 Å². The van der Waals surface area contributed by atoms with Crippen molar-refractivity contribution in [3.8, 4) is 18.2 Å². The van der Waals surface area contributed by atoms with Gasteiger partial charge >= 0.3 is 0 Å². The van der Waals surface area contributed by atoms with Crippen LogP contribution in [0.4, 0.5) is 0 Å². The largest absolute Gasteiger partial charge is 0.443 e. The second kappa shape index (κ2) is 5.89. The maximum atomic E-state index is 10.2. The van der Waals surface area contributed by atoms with E-state index < -0.39 is 34.5 Å². The van der Waals surface area contributed by atoms with Crippen LogP contribution in [0.25, 0.3) is 0 Å². The summed E-state index contributed by atoms with van der Waals surface area (Å²) in [5, 5.41) is 38.9. The number of pyridine rings is 1. The van der Waals surface area contributed by atoms with Gasteiger partial charge < -0.3 is 9.47 Å². The molecule has 1 aromatic heterocycles. The highest BCUT2D eigenvalue weighted by Gasteiger charge is 2.79. The molecule has 4 unspecified atom stereocenters. The fourth-order valence-electron chi connectivity index (χ4n) is 4.38. The van der Waals surface area contributed by atoms with E-state index in [1.165, 1.54) is 12.4 Å². The molecule has 2 bridgehead atoms. The van der Waals surface area contributed by atoms with Crippen molar-refractivity contribution in [2.24, 2.45) is 16.7 Å². The average Bonchev–Trinajstić information content (AvgIpc) is 2.91. The van der Waals surface area contributed by atoms with E-state index in [0.29, 0.717) is 11.1 Å². The Morgan fingerprint density at radius 3 is 2.21 bits per heavy atom. The van der Waals surface area contributed by atoms with Gasteiger partial charge in [0.1, 0.15) is 6.10 Å². The van der Waals surface area contributed by atoms with Crippen molar-refractivity contribution >= 4 is 5.90 Å². The number of hydrogen-bond acceptors (Lipinski definition) is 7. The van der Waals surface area contributed by atoms with Gasteiger partial charge in [-0.1, -0.05) is 37.3 Å². The SMILES string of the molecule is CC1C2(c3ccccc3)OC(=N)C1(C#N)C(C#N)(C#N)C(c1ccncc1)O2. The fraction of sp³-hybridized carbons (Fsp3) is 0.286. The van der Waals surface area contributed by atoms with Crippen molar-refractivity contribution in [1.29, 1.82) is 21.2 Å². The number of fused-ring (bicyclic) bond motifs is 2. The van der Waals surface area contributed by atoms with Gasteiger partial charge in [0.2, 0.25) is 17.1 Å². The molecule has 0 spiro atoms. The number of hydrogen-bond donors (Lipinski definition) is 1. The molecule has 28 heavy (non-hydrogen) atoms. The van der Waals surface area contributed by atoms with Crippen LogP contribution in [0.15, 0.2) is 54.9 Å². The Labute approximate surface area is 161 Å². The average molecular weight is 369 g/mol. The first-order chi connectivity index (χ1) is 13.5. The molecule has 3 heterocycles. The lowest BCUT2D eigenvalue weighted by Gasteiger charge is -2.48. The van der Waals surface area contributed by atoms with E-state index in [-0.39, 0.29) is 0 Å². The van der Waals surface area contributed by atoms with Crippen LogP contribution in [-0.4, -0.2) is 10.9 Å². The van der Waals surface area contributed by atoms with Gasteiger partial charge in [0.25, 0.3) is 0 Å². The van der Waals surface area contributed by atoms with Crippen molar-refractivity contribution in [2.75, 3.05) is 0 Å². The van der Waals surface area contributed by atoms with E-state index in [0.717, 1.165) is 0 Å². The van der Waals surface area contributed by atoms with Gasteiger partial charge in [-0.05, 0) is 17.7 Å². The molecule has 4 atom stereocenters. The minimum atomic E-state index is -1.96. The highest BCUT2D eigenvalue weighted by atomic mass is 16.7. The lowest BCUT2D eigenvalue weighted by Crippen LogP contribution is -2.57. The minimum Gasteiger partial charge on any atom is -0.443 e. The Hall–Kier alpha value is -3.73. The molecule has 2 aromatic rings. The van der Waals surface area contributed by atoms with E-state index in [1.807, 2.05) is 18.2 Å². The van der Waals surface area contributed by atoms with Crippen molar-refractivity contribution < 1.29 is 9.47 Å². The number of benzene rings is 1. The summed E-state index contributed by atoms with van der Waals surface area (Å²) in [4.78, 5) is 3.98. The predicted octanol–water partition coefficient (Wildman–Crippen LogP) is 3.19. The van der Waals surface area contributed by atoms with Crippen LogP contribution in [0.2, 0.25) is 0 Å². The van der Waals surface area contributed by atoms with E-state index in [9.17, 15) is 15.8 Å². The van der Waals surface area contributed by atoms with Crippen molar-refractivity contribution in [3.63, 3.8) is 0 Å². The summed E-state index contributed by atoms with van der Waals surface area (Å²) in [6.45, 7) is 1.68. The molecule has 0 aliphatic carbocycles. The van der Waals surface area contributed by atoms with E-state index in [4.69, 9.17) is 14.9 Å². The number of nitrogens with zero attached hydrogens (tertiary/aromatic N) is 4. The van der Waals surface area contributed by atoms with Crippen LogP contribution in [0.1, 0.15) is 24.2 Å². The zero-order valence-corrected chi connectivity index (χ0v) is 15.0. The molecule has 1 N–H and O–H groups in total. The van der Waals surface area contributed by atoms with Gasteiger partial charge in [0, 0.05) is 18.0 Å². The summed E-state index contributed by atoms with van der Waals surface area (Å²) in [6.07, 6.45) is 1.95. The molecule has 2 saturated heterocycles. The van der Waals surface area contributed by atoms with E-state index in [1.54, 1.807) is 43.3 Å². The van der Waals surface area contributed by atoms with Crippen molar-refractivity contribution in [3.05, 3.63) is 66.0 Å². The lowest BCUT2D eigenvalue weighted by molar-refractivity contribution is -0.288. The predicted molar refractivity (Wildman–Crippen MR) is 95.9 cm³/mol. The summed E-state index contributed by atoms with van der Waals surface area (Å²) in [6, 6.07) is 18.4. The molecule has 2 aliphatic heterocycles. The topological polar surface area (TPSA) is 127 Å². The van der Waals surface area contributed by atoms with Gasteiger partial charge in [-0.25, -0.2) is 0 Å². The highest BCUT2D eigenvalue weighted by Crippen LogP contribution is 2.68. The maximum Gasteiger partial charge on any atom is 0.244 e. The van der Waals surface area contributed by atoms with Crippen LogP contribution >= 0.6 is 0 Å². The Morgan fingerprint density at radius 2 is 1.64 bits per heavy atom. The molecule has 2 fully saturated rings. The second-order valence-electron chi connectivity index (χ2n) is 6.92. The summed E-state index contributed by atoms with van der Waals surface area (Å²) in [5.74, 6) is -2.65. The van der Waals surface area contributed by atoms with Gasteiger partial charge in [0.05, 0.1) is 24.1 Å². The fourth-order valence-corrected chi connectivity index (χ4v) is 4.38. The van der Waals surface area contributed by atoms with Crippen molar-refractivity contribution in [1.82, 2.24) is 4.98 Å². The molecule has 0 saturated carbocycles. The summed E-state index contributed by atoms with van der Waals surface area (Å²) < 4.78 is 12.3. The lowest BCUT2D eigenvalue weighted by atomic mass is 9.53. The van der Waals surface area contributed by atoms with Crippen LogP contribution in [0.5, 0.6) is 0 Å². The zero-order valence-electron chi connectivity index (χ0n) is 15.0. The molecule has 1 aromatic carbocycles. The molecule has 136 valence electrons. The van der Waals surface area contributed by atoms with Crippen LogP contribution in [0, 0.1) is 56.2 Å². The Balaban J connectivity index is 2.05. The smallest absolute Gasteiger partial charge is 0.244 e. The number of nitrogens with one attached hydrogen (secondary N) is 1. The quantitative estimate of drug-likeness (QED) is 0.866. The monoisotopic (exact) mass is 369 g/mol. The van der Waals surface area contributed by atoms with Gasteiger partial charge in [0.15, 0.2) is 5.41 Å². The first-order valence-corrected chi connectivity index (χ1v) is 8.67. The second-order valence-corrected chi connectivity index (χ2v) is 6.92. The third kappa shape index (κ3) is 1.83. The van der Waals surface area contributed by atoms with Gasteiger partial charge in [-0.3, -0.25) is 10.4 Å². The third-order valence-electron chi connectivity index (χ3n) is 5.85. The summed E-state index contributed by atoms with van der Waals surface area (Å²) in [7, 11) is 0. The van der Waals surface area contributed by atoms with Crippen LogP contribution in [0.3, 0.4) is 0 Å². The zero-order chi connectivity index (χ0) is 20.0. The molecule has 2 aliphatic rings. The standard InChI is InChI=1S/C21H15N5O2/c1-14-20(13-24)18(25)28-21(14,16-5-3-2-4-6-16)27-17(19(20,11-22)12-23)15-7-9-26-10-8-15/h2-10,14,17,25H,1H3. The normalized spacial score (nSPS) is 32.4. The Morgan fingerprint density at radius 1 is 1.00 bits per heavy atom. The molecular weight excluding hydrogens is 354 g/mol. The van der Waals surface area contributed by atoms with Gasteiger partial charge in [-0.15, -0.1) is 0 Å². The van der Waals surface area contributed by atoms with E-state index in [2.05, 4.69) is 11.1 Å². The summed E-state index contributed by atoms with van der Waals surface area (Å²) >= 11 is 0. The third-order valence-corrected chi connectivity index (χ3v) is 5.85. The molecule has 4 rings (SSSR count). The number of ether oxygens (including phenoxy) is 2. The maximum absolute atomic E-state index is 10.2. The molecular formula is C21H15N5O2. The number of aromatic nitrogens is 1. The Bertz CT molecular complexity index is 1050. The first kappa shape index (κ1) is 17.7.